The summed E-state index contributed by atoms with van der Waals surface area (Å²) in [6.07, 6.45) is 2.47. The Morgan fingerprint density at radius 1 is 1.25 bits per heavy atom. The highest BCUT2D eigenvalue weighted by molar-refractivity contribution is 7.89. The Morgan fingerprint density at radius 3 is 2.25 bits per heavy atom. The quantitative estimate of drug-likeness (QED) is 0.808. The van der Waals surface area contributed by atoms with Crippen LogP contribution in [0.4, 0.5) is 5.69 Å². The van der Waals surface area contributed by atoms with Crippen LogP contribution in [0.15, 0.2) is 41.8 Å². The monoisotopic (exact) mass is 351 g/mol. The minimum atomic E-state index is -3.75. The highest BCUT2D eigenvalue weighted by atomic mass is 32.2. The van der Waals surface area contributed by atoms with Crippen LogP contribution in [-0.4, -0.2) is 45.3 Å². The van der Waals surface area contributed by atoms with Crippen LogP contribution in [-0.2, 0) is 19.6 Å². The van der Waals surface area contributed by atoms with Crippen LogP contribution in [0.1, 0.15) is 12.8 Å². The van der Waals surface area contributed by atoms with Crippen LogP contribution >= 0.6 is 0 Å². The average molecular weight is 351 g/mol. The van der Waals surface area contributed by atoms with Gasteiger partial charge in [0.05, 0.1) is 4.90 Å². The molecule has 0 spiro atoms. The molecule has 130 valence electrons. The largest absolute Gasteiger partial charge is 0.339 e. The summed E-state index contributed by atoms with van der Waals surface area (Å²) in [5, 5.41) is 5.06. The van der Waals surface area contributed by atoms with E-state index in [4.69, 9.17) is 5.14 Å². The van der Waals surface area contributed by atoms with Gasteiger partial charge in [0.2, 0.25) is 21.8 Å². The van der Waals surface area contributed by atoms with Gasteiger partial charge in [-0.05, 0) is 43.2 Å². The molecule has 8 heteroatoms. The van der Waals surface area contributed by atoms with Gasteiger partial charge < -0.3 is 9.80 Å². The molecular formula is C16H21N3O4S. The third-order valence-electron chi connectivity index (χ3n) is 4.21. The van der Waals surface area contributed by atoms with Crippen LogP contribution in [0.2, 0.25) is 0 Å². The number of rotatable bonds is 4. The fraction of sp³-hybridized carbons (Fsp3) is 0.375. The molecule has 0 bridgehead atoms. The van der Waals surface area contributed by atoms with Crippen molar-refractivity contribution < 1.29 is 18.0 Å². The minimum Gasteiger partial charge on any atom is -0.339 e. The van der Waals surface area contributed by atoms with Crippen molar-refractivity contribution in [3.8, 4) is 0 Å². The van der Waals surface area contributed by atoms with Gasteiger partial charge in [-0.3, -0.25) is 9.59 Å². The molecule has 0 unspecified atom stereocenters. The van der Waals surface area contributed by atoms with E-state index in [-0.39, 0.29) is 22.6 Å². The lowest BCUT2D eigenvalue weighted by Gasteiger charge is -2.32. The predicted molar refractivity (Wildman–Crippen MR) is 90.7 cm³/mol. The van der Waals surface area contributed by atoms with Gasteiger partial charge in [0.25, 0.3) is 0 Å². The maximum absolute atomic E-state index is 12.6. The van der Waals surface area contributed by atoms with Crippen LogP contribution in [0.5, 0.6) is 0 Å². The molecule has 1 aliphatic rings. The molecule has 0 saturated carbocycles. The van der Waals surface area contributed by atoms with E-state index >= 15 is 0 Å². The second kappa shape index (κ2) is 7.14. The SMILES string of the molecule is C=CC(=O)N1CCC(C(=O)N(C)c2ccc(S(N)(=O)=O)cc2)CC1. The summed E-state index contributed by atoms with van der Waals surface area (Å²) in [4.78, 5) is 27.3. The first-order chi connectivity index (χ1) is 11.2. The van der Waals surface area contributed by atoms with Gasteiger partial charge in [0, 0.05) is 31.7 Å². The summed E-state index contributed by atoms with van der Waals surface area (Å²) in [6.45, 7) is 4.52. The Labute approximate surface area is 141 Å². The molecule has 0 radical (unpaired) electrons. The molecule has 0 atom stereocenters. The van der Waals surface area contributed by atoms with Crippen molar-refractivity contribution in [2.45, 2.75) is 17.7 Å². The Hall–Kier alpha value is -2.19. The molecule has 0 aromatic heterocycles. The Balaban J connectivity index is 2.02. The highest BCUT2D eigenvalue weighted by Crippen LogP contribution is 2.23. The zero-order chi connectivity index (χ0) is 17.9. The zero-order valence-electron chi connectivity index (χ0n) is 13.5. The molecule has 1 saturated heterocycles. The number of hydrogen-bond acceptors (Lipinski definition) is 4. The molecule has 1 aromatic rings. The number of likely N-dealkylation sites (tertiary alicyclic amines) is 1. The van der Waals surface area contributed by atoms with E-state index in [0.717, 1.165) is 0 Å². The number of carbonyl (C=O) groups is 2. The first kappa shape index (κ1) is 18.2. The van der Waals surface area contributed by atoms with Crippen LogP contribution in [0, 0.1) is 5.92 Å². The highest BCUT2D eigenvalue weighted by Gasteiger charge is 2.28. The molecule has 1 fully saturated rings. The Kier molecular flexibility index (Phi) is 5.40. The minimum absolute atomic E-state index is 0.00310. The van der Waals surface area contributed by atoms with Crippen molar-refractivity contribution in [1.82, 2.24) is 4.90 Å². The third-order valence-corrected chi connectivity index (χ3v) is 5.14. The first-order valence-corrected chi connectivity index (χ1v) is 9.10. The smallest absolute Gasteiger partial charge is 0.245 e. The van der Waals surface area contributed by atoms with Gasteiger partial charge in [-0.1, -0.05) is 6.58 Å². The summed E-state index contributed by atoms with van der Waals surface area (Å²) in [7, 11) is -2.10. The normalized spacial score (nSPS) is 15.8. The predicted octanol–water partition coefficient (Wildman–Crippen LogP) is 0.721. The maximum atomic E-state index is 12.6. The number of nitrogens with two attached hydrogens (primary N) is 1. The van der Waals surface area contributed by atoms with Crippen molar-refractivity contribution in [1.29, 1.82) is 0 Å². The molecule has 24 heavy (non-hydrogen) atoms. The van der Waals surface area contributed by atoms with Gasteiger partial charge >= 0.3 is 0 Å². The number of anilines is 1. The molecular weight excluding hydrogens is 330 g/mol. The van der Waals surface area contributed by atoms with E-state index < -0.39 is 10.0 Å². The van der Waals surface area contributed by atoms with Gasteiger partial charge in [0.15, 0.2) is 0 Å². The standard InChI is InChI=1S/C16H21N3O4S/c1-3-15(20)19-10-8-12(9-11-19)16(21)18(2)13-4-6-14(7-5-13)24(17,22)23/h3-7,12H,1,8-11H2,2H3,(H2,17,22,23). The van der Waals surface area contributed by atoms with Gasteiger partial charge in [-0.2, -0.15) is 0 Å². The third kappa shape index (κ3) is 4.01. The van der Waals surface area contributed by atoms with Gasteiger partial charge in [0.1, 0.15) is 0 Å². The molecule has 7 nitrogen and oxygen atoms in total. The number of piperidine rings is 1. The number of hydrogen-bond donors (Lipinski definition) is 1. The van der Waals surface area contributed by atoms with Crippen molar-refractivity contribution in [2.75, 3.05) is 25.0 Å². The molecule has 2 rings (SSSR count). The number of nitrogens with zero attached hydrogens (tertiary/aromatic N) is 2. The van der Waals surface area contributed by atoms with Crippen molar-refractivity contribution in [3.63, 3.8) is 0 Å². The van der Waals surface area contributed by atoms with Gasteiger partial charge in [-0.15, -0.1) is 0 Å². The van der Waals surface area contributed by atoms with Crippen LogP contribution in [0.25, 0.3) is 0 Å². The van der Waals surface area contributed by atoms with Crippen molar-refractivity contribution in [2.24, 2.45) is 11.1 Å². The number of sulfonamides is 1. The number of amides is 2. The molecule has 2 N–H and O–H groups in total. The van der Waals surface area contributed by atoms with E-state index in [1.54, 1.807) is 24.1 Å². The molecule has 1 heterocycles. The van der Waals surface area contributed by atoms with Crippen molar-refractivity contribution >= 4 is 27.5 Å². The van der Waals surface area contributed by atoms with Crippen molar-refractivity contribution in [3.05, 3.63) is 36.9 Å². The van der Waals surface area contributed by atoms with E-state index in [1.807, 2.05) is 0 Å². The summed E-state index contributed by atoms with van der Waals surface area (Å²) in [5.74, 6) is -0.335. The fourth-order valence-electron chi connectivity index (χ4n) is 2.74. The second-order valence-electron chi connectivity index (χ2n) is 5.74. The molecule has 0 aliphatic carbocycles. The van der Waals surface area contributed by atoms with E-state index in [1.165, 1.54) is 23.1 Å². The summed E-state index contributed by atoms with van der Waals surface area (Å²) in [5.41, 5.74) is 0.594. The lowest BCUT2D eigenvalue weighted by Crippen LogP contribution is -2.43. The van der Waals surface area contributed by atoms with E-state index in [0.29, 0.717) is 31.6 Å². The van der Waals surface area contributed by atoms with E-state index in [2.05, 4.69) is 6.58 Å². The lowest BCUT2D eigenvalue weighted by molar-refractivity contribution is -0.130. The Morgan fingerprint density at radius 2 is 1.79 bits per heavy atom. The molecule has 1 aromatic carbocycles. The van der Waals surface area contributed by atoms with E-state index in [9.17, 15) is 18.0 Å². The lowest BCUT2D eigenvalue weighted by atomic mass is 9.95. The maximum Gasteiger partial charge on any atom is 0.245 e. The van der Waals surface area contributed by atoms with Crippen LogP contribution < -0.4 is 10.0 Å². The summed E-state index contributed by atoms with van der Waals surface area (Å²) < 4.78 is 22.5. The molecule has 2 amide bonds. The number of benzene rings is 1. The summed E-state index contributed by atoms with van der Waals surface area (Å²) >= 11 is 0. The van der Waals surface area contributed by atoms with Crippen LogP contribution in [0.3, 0.4) is 0 Å². The topological polar surface area (TPSA) is 101 Å². The second-order valence-corrected chi connectivity index (χ2v) is 7.30. The molecule has 1 aliphatic heterocycles. The Bertz CT molecular complexity index is 735. The zero-order valence-corrected chi connectivity index (χ0v) is 14.3. The average Bonchev–Trinajstić information content (AvgIpc) is 2.59. The van der Waals surface area contributed by atoms with Gasteiger partial charge in [-0.25, -0.2) is 13.6 Å². The number of primary sulfonamides is 1. The number of carbonyl (C=O) groups excluding carboxylic acids is 2. The fourth-order valence-corrected chi connectivity index (χ4v) is 3.25. The summed E-state index contributed by atoms with van der Waals surface area (Å²) in [6, 6.07) is 5.85. The first-order valence-electron chi connectivity index (χ1n) is 7.56.